The summed E-state index contributed by atoms with van der Waals surface area (Å²) in [4.78, 5) is 16.7. The molecule has 0 saturated carbocycles. The zero-order chi connectivity index (χ0) is 17.9. The Kier molecular flexibility index (Phi) is 4.82. The average Bonchev–Trinajstić information content (AvgIpc) is 3.23. The van der Waals surface area contributed by atoms with Gasteiger partial charge in [0.15, 0.2) is 5.82 Å². The molecule has 5 nitrogen and oxygen atoms in total. The molecule has 0 spiro atoms. The van der Waals surface area contributed by atoms with Crippen LogP contribution in [0.3, 0.4) is 0 Å². The van der Waals surface area contributed by atoms with Crippen LogP contribution in [0.25, 0.3) is 11.3 Å². The SMILES string of the molecule is O=C(C1CCN(c2ccc(-c3cccc(F)c3)nn2)CC1)N1CCCC1. The minimum Gasteiger partial charge on any atom is -0.355 e. The van der Waals surface area contributed by atoms with Crippen LogP contribution >= 0.6 is 0 Å². The second kappa shape index (κ2) is 7.40. The van der Waals surface area contributed by atoms with E-state index in [0.717, 1.165) is 63.2 Å². The molecule has 0 atom stereocenters. The van der Waals surface area contributed by atoms with Crippen molar-refractivity contribution in [2.24, 2.45) is 5.92 Å². The molecular weight excluding hydrogens is 331 g/mol. The molecule has 2 fully saturated rings. The summed E-state index contributed by atoms with van der Waals surface area (Å²) in [6.07, 6.45) is 4.00. The number of rotatable bonds is 3. The molecule has 0 bridgehead atoms. The molecule has 2 aliphatic rings. The van der Waals surface area contributed by atoms with Gasteiger partial charge in [-0.25, -0.2) is 4.39 Å². The van der Waals surface area contributed by atoms with Crippen LogP contribution in [-0.2, 0) is 4.79 Å². The molecule has 6 heteroatoms. The van der Waals surface area contributed by atoms with Crippen molar-refractivity contribution < 1.29 is 9.18 Å². The Morgan fingerprint density at radius 3 is 2.42 bits per heavy atom. The number of hydrogen-bond donors (Lipinski definition) is 0. The van der Waals surface area contributed by atoms with Gasteiger partial charge in [-0.3, -0.25) is 4.79 Å². The Balaban J connectivity index is 1.38. The van der Waals surface area contributed by atoms with E-state index < -0.39 is 0 Å². The Labute approximate surface area is 152 Å². The summed E-state index contributed by atoms with van der Waals surface area (Å²) in [5, 5.41) is 8.56. The number of benzene rings is 1. The molecule has 4 rings (SSSR count). The van der Waals surface area contributed by atoms with E-state index in [2.05, 4.69) is 15.1 Å². The molecule has 1 aromatic carbocycles. The van der Waals surface area contributed by atoms with Crippen LogP contribution in [0.5, 0.6) is 0 Å². The topological polar surface area (TPSA) is 49.3 Å². The number of hydrogen-bond acceptors (Lipinski definition) is 4. The van der Waals surface area contributed by atoms with Gasteiger partial charge < -0.3 is 9.80 Å². The number of carbonyl (C=O) groups is 1. The van der Waals surface area contributed by atoms with Crippen LogP contribution in [-0.4, -0.2) is 47.2 Å². The van der Waals surface area contributed by atoms with Crippen molar-refractivity contribution in [1.29, 1.82) is 0 Å². The first-order chi connectivity index (χ1) is 12.7. The Bertz CT molecular complexity index is 766. The number of likely N-dealkylation sites (tertiary alicyclic amines) is 1. The maximum atomic E-state index is 13.3. The molecule has 0 N–H and O–H groups in total. The highest BCUT2D eigenvalue weighted by Gasteiger charge is 2.30. The average molecular weight is 354 g/mol. The van der Waals surface area contributed by atoms with Crippen molar-refractivity contribution in [3.8, 4) is 11.3 Å². The van der Waals surface area contributed by atoms with Gasteiger partial charge in [0, 0.05) is 37.7 Å². The monoisotopic (exact) mass is 354 g/mol. The Morgan fingerprint density at radius 2 is 1.77 bits per heavy atom. The molecular formula is C20H23FN4O. The lowest BCUT2D eigenvalue weighted by Crippen LogP contribution is -2.42. The molecule has 1 aromatic heterocycles. The second-order valence-corrected chi connectivity index (χ2v) is 7.08. The highest BCUT2D eigenvalue weighted by Crippen LogP contribution is 2.25. The van der Waals surface area contributed by atoms with Crippen molar-refractivity contribution in [2.45, 2.75) is 25.7 Å². The van der Waals surface area contributed by atoms with Gasteiger partial charge in [0.25, 0.3) is 0 Å². The van der Waals surface area contributed by atoms with Gasteiger partial charge in [0.05, 0.1) is 5.69 Å². The summed E-state index contributed by atoms with van der Waals surface area (Å²) in [6, 6.07) is 10.2. The largest absolute Gasteiger partial charge is 0.355 e. The molecule has 2 aliphatic heterocycles. The number of halogens is 1. The maximum absolute atomic E-state index is 13.3. The summed E-state index contributed by atoms with van der Waals surface area (Å²) >= 11 is 0. The number of amides is 1. The zero-order valence-electron chi connectivity index (χ0n) is 14.8. The minimum absolute atomic E-state index is 0.142. The van der Waals surface area contributed by atoms with E-state index in [4.69, 9.17) is 0 Å². The first kappa shape index (κ1) is 16.9. The van der Waals surface area contributed by atoms with Crippen molar-refractivity contribution in [1.82, 2.24) is 15.1 Å². The normalized spacial score (nSPS) is 18.3. The maximum Gasteiger partial charge on any atom is 0.225 e. The van der Waals surface area contributed by atoms with Crippen LogP contribution in [0.1, 0.15) is 25.7 Å². The van der Waals surface area contributed by atoms with Crippen molar-refractivity contribution in [2.75, 3.05) is 31.1 Å². The van der Waals surface area contributed by atoms with Crippen LogP contribution in [0.15, 0.2) is 36.4 Å². The number of nitrogens with zero attached hydrogens (tertiary/aromatic N) is 4. The number of carbonyl (C=O) groups excluding carboxylic acids is 1. The predicted octanol–water partition coefficient (Wildman–Crippen LogP) is 3.12. The molecule has 0 radical (unpaired) electrons. The van der Waals surface area contributed by atoms with Gasteiger partial charge in [-0.15, -0.1) is 10.2 Å². The number of aromatic nitrogens is 2. The van der Waals surface area contributed by atoms with E-state index >= 15 is 0 Å². The highest BCUT2D eigenvalue weighted by atomic mass is 19.1. The van der Waals surface area contributed by atoms with E-state index in [0.29, 0.717) is 11.6 Å². The number of anilines is 1. The van der Waals surface area contributed by atoms with E-state index in [1.165, 1.54) is 12.1 Å². The fourth-order valence-corrected chi connectivity index (χ4v) is 3.85. The minimum atomic E-state index is -0.280. The van der Waals surface area contributed by atoms with Crippen LogP contribution in [0.4, 0.5) is 10.2 Å². The molecule has 2 saturated heterocycles. The Hall–Kier alpha value is -2.50. The van der Waals surface area contributed by atoms with Gasteiger partial charge in [0.2, 0.25) is 5.91 Å². The fourth-order valence-electron chi connectivity index (χ4n) is 3.85. The lowest BCUT2D eigenvalue weighted by atomic mass is 9.95. The molecule has 1 amide bonds. The van der Waals surface area contributed by atoms with Gasteiger partial charge in [-0.1, -0.05) is 12.1 Å². The van der Waals surface area contributed by atoms with Crippen LogP contribution in [0.2, 0.25) is 0 Å². The lowest BCUT2D eigenvalue weighted by molar-refractivity contribution is -0.135. The second-order valence-electron chi connectivity index (χ2n) is 7.08. The van der Waals surface area contributed by atoms with Gasteiger partial charge in [-0.2, -0.15) is 0 Å². The van der Waals surface area contributed by atoms with Crippen molar-refractivity contribution in [3.05, 3.63) is 42.2 Å². The summed E-state index contributed by atoms with van der Waals surface area (Å²) in [7, 11) is 0. The summed E-state index contributed by atoms with van der Waals surface area (Å²) in [5.41, 5.74) is 1.38. The molecule has 2 aromatic rings. The quantitative estimate of drug-likeness (QED) is 0.850. The third kappa shape index (κ3) is 3.54. The molecule has 3 heterocycles. The lowest BCUT2D eigenvalue weighted by Gasteiger charge is -2.33. The molecule has 26 heavy (non-hydrogen) atoms. The third-order valence-electron chi connectivity index (χ3n) is 5.36. The van der Waals surface area contributed by atoms with E-state index in [9.17, 15) is 9.18 Å². The van der Waals surface area contributed by atoms with Crippen LogP contribution in [0, 0.1) is 11.7 Å². The zero-order valence-corrected chi connectivity index (χ0v) is 14.8. The fraction of sp³-hybridized carbons (Fsp3) is 0.450. The standard InChI is InChI=1S/C20H23FN4O/c21-17-5-3-4-16(14-17)18-6-7-19(23-22-18)24-12-8-15(9-13-24)20(26)25-10-1-2-11-25/h3-7,14-15H,1-2,8-13H2. The van der Waals surface area contributed by atoms with Gasteiger partial charge in [0.1, 0.15) is 5.82 Å². The summed E-state index contributed by atoms with van der Waals surface area (Å²) < 4.78 is 13.3. The third-order valence-corrected chi connectivity index (χ3v) is 5.36. The van der Waals surface area contributed by atoms with E-state index in [-0.39, 0.29) is 11.7 Å². The van der Waals surface area contributed by atoms with E-state index in [1.807, 2.05) is 23.1 Å². The Morgan fingerprint density at radius 1 is 1.00 bits per heavy atom. The van der Waals surface area contributed by atoms with Crippen LogP contribution < -0.4 is 4.90 Å². The summed E-state index contributed by atoms with van der Waals surface area (Å²) in [6.45, 7) is 3.48. The molecule has 0 aliphatic carbocycles. The van der Waals surface area contributed by atoms with Gasteiger partial charge in [-0.05, 0) is 49.9 Å². The predicted molar refractivity (Wildman–Crippen MR) is 98.2 cm³/mol. The molecule has 0 unspecified atom stereocenters. The first-order valence-electron chi connectivity index (χ1n) is 9.34. The number of piperidine rings is 1. The first-order valence-corrected chi connectivity index (χ1v) is 9.34. The highest BCUT2D eigenvalue weighted by molar-refractivity contribution is 5.79. The van der Waals surface area contributed by atoms with Crippen molar-refractivity contribution in [3.63, 3.8) is 0 Å². The van der Waals surface area contributed by atoms with Crippen molar-refractivity contribution >= 4 is 11.7 Å². The summed E-state index contributed by atoms with van der Waals surface area (Å²) in [5.74, 6) is 1.01. The van der Waals surface area contributed by atoms with Gasteiger partial charge >= 0.3 is 0 Å². The smallest absolute Gasteiger partial charge is 0.225 e. The molecule has 136 valence electrons. The van der Waals surface area contributed by atoms with E-state index in [1.54, 1.807) is 6.07 Å².